The van der Waals surface area contributed by atoms with E-state index in [1.807, 2.05) is 12.3 Å². The van der Waals surface area contributed by atoms with Crippen molar-refractivity contribution in [1.29, 1.82) is 0 Å². The molecule has 5 heteroatoms. The van der Waals surface area contributed by atoms with Gasteiger partial charge in [-0.15, -0.1) is 11.8 Å². The molecule has 0 spiro atoms. The topological polar surface area (TPSA) is 67.1 Å². The average molecular weight is 387 g/mol. The molecule has 5 rings (SSSR count). The van der Waals surface area contributed by atoms with E-state index in [4.69, 9.17) is 5.73 Å². The van der Waals surface area contributed by atoms with Crippen molar-refractivity contribution in [3.05, 3.63) is 53.7 Å². The number of benzene rings is 2. The van der Waals surface area contributed by atoms with Crippen LogP contribution >= 0.6 is 11.8 Å². The van der Waals surface area contributed by atoms with Crippen LogP contribution in [0.3, 0.4) is 0 Å². The zero-order valence-corrected chi connectivity index (χ0v) is 16.5. The monoisotopic (exact) mass is 386 g/mol. The number of aryl methyl sites for hydroxylation is 1. The molecular weight excluding hydrogens is 364 g/mol. The predicted molar refractivity (Wildman–Crippen MR) is 120 cm³/mol. The first-order chi connectivity index (χ1) is 13.8. The molecule has 28 heavy (non-hydrogen) atoms. The van der Waals surface area contributed by atoms with Gasteiger partial charge in [0.1, 0.15) is 0 Å². The van der Waals surface area contributed by atoms with E-state index in [1.165, 1.54) is 51.5 Å². The average Bonchev–Trinajstić information content (AvgIpc) is 3.22. The lowest BCUT2D eigenvalue weighted by atomic mass is 9.85. The number of rotatable bonds is 4. The van der Waals surface area contributed by atoms with Crippen LogP contribution in [0.4, 0.5) is 5.69 Å². The third kappa shape index (κ3) is 2.74. The number of fused-ring (bicyclic) bond motifs is 5. The van der Waals surface area contributed by atoms with E-state index in [0.717, 1.165) is 28.9 Å². The minimum Gasteiger partial charge on any atom is -0.354 e. The van der Waals surface area contributed by atoms with Gasteiger partial charge in [0, 0.05) is 39.0 Å². The molecule has 0 fully saturated rings. The van der Waals surface area contributed by atoms with Gasteiger partial charge in [-0.1, -0.05) is 6.07 Å². The normalized spacial score (nSPS) is 13.8. The van der Waals surface area contributed by atoms with Gasteiger partial charge in [-0.25, -0.2) is 0 Å². The largest absolute Gasteiger partial charge is 0.354 e. The van der Waals surface area contributed by atoms with Crippen LogP contribution in [0.2, 0.25) is 0 Å². The zero-order chi connectivity index (χ0) is 19.1. The van der Waals surface area contributed by atoms with Crippen molar-refractivity contribution in [3.63, 3.8) is 0 Å². The van der Waals surface area contributed by atoms with Gasteiger partial charge in [0.2, 0.25) is 0 Å². The molecule has 0 unspecified atom stereocenters. The lowest BCUT2D eigenvalue weighted by Gasteiger charge is -2.23. The fourth-order valence-corrected chi connectivity index (χ4v) is 5.10. The van der Waals surface area contributed by atoms with Crippen molar-refractivity contribution in [2.75, 3.05) is 5.88 Å². The molecule has 2 aromatic heterocycles. The van der Waals surface area contributed by atoms with Gasteiger partial charge in [0.05, 0.1) is 11.2 Å². The molecular formula is C23H22N4S. The Hall–Kier alpha value is -2.63. The number of hydrogen-bond donors (Lipinski definition) is 2. The first-order valence-electron chi connectivity index (χ1n) is 9.65. The highest BCUT2D eigenvalue weighted by molar-refractivity contribution is 7.99. The van der Waals surface area contributed by atoms with E-state index in [-0.39, 0.29) is 0 Å². The second-order valence-electron chi connectivity index (χ2n) is 7.18. The summed E-state index contributed by atoms with van der Waals surface area (Å²) in [6.45, 7) is 3.69. The Labute approximate surface area is 168 Å². The summed E-state index contributed by atoms with van der Waals surface area (Å²) in [5.74, 6) is 0.521. The van der Waals surface area contributed by atoms with E-state index in [1.54, 1.807) is 11.8 Å². The highest BCUT2D eigenvalue weighted by Gasteiger charge is 2.20. The molecule has 0 bridgehead atoms. The molecule has 0 radical (unpaired) electrons. The molecule has 0 aliphatic heterocycles. The summed E-state index contributed by atoms with van der Waals surface area (Å²) in [4.78, 5) is 13.5. The van der Waals surface area contributed by atoms with Crippen molar-refractivity contribution in [1.82, 2.24) is 9.97 Å². The van der Waals surface area contributed by atoms with Gasteiger partial charge < -0.3 is 10.7 Å². The quantitative estimate of drug-likeness (QED) is 0.272. The molecule has 140 valence electrons. The Morgan fingerprint density at radius 3 is 2.79 bits per heavy atom. The van der Waals surface area contributed by atoms with Crippen LogP contribution < -0.4 is 5.73 Å². The molecule has 0 saturated carbocycles. The second kappa shape index (κ2) is 7.08. The number of H-pyrrole nitrogens is 1. The van der Waals surface area contributed by atoms with Gasteiger partial charge in [0.15, 0.2) is 0 Å². The number of aromatic nitrogens is 2. The Kier molecular flexibility index (Phi) is 4.41. The summed E-state index contributed by atoms with van der Waals surface area (Å²) in [6.07, 6.45) is 6.59. The molecule has 1 aliphatic carbocycles. The molecule has 4 aromatic rings. The van der Waals surface area contributed by atoms with Crippen LogP contribution in [-0.2, 0) is 12.8 Å². The lowest BCUT2D eigenvalue weighted by Crippen LogP contribution is -2.08. The molecule has 3 N–H and O–H groups in total. The number of nitrogens with two attached hydrogens (primary N) is 1. The molecule has 2 heterocycles. The Morgan fingerprint density at radius 2 is 1.96 bits per heavy atom. The highest BCUT2D eigenvalue weighted by atomic mass is 32.2. The summed E-state index contributed by atoms with van der Waals surface area (Å²) < 4.78 is 0. The maximum absolute atomic E-state index is 5.79. The Morgan fingerprint density at radius 1 is 1.11 bits per heavy atom. The van der Waals surface area contributed by atoms with Crippen LogP contribution in [0.15, 0.2) is 52.5 Å². The van der Waals surface area contributed by atoms with E-state index < -0.39 is 0 Å². The summed E-state index contributed by atoms with van der Waals surface area (Å²) in [7, 11) is 0. The van der Waals surface area contributed by atoms with E-state index >= 15 is 0 Å². The summed E-state index contributed by atoms with van der Waals surface area (Å²) in [5.41, 5.74) is 14.2. The summed E-state index contributed by atoms with van der Waals surface area (Å²) >= 11 is 1.60. The summed E-state index contributed by atoms with van der Waals surface area (Å²) in [6, 6.07) is 12.8. The van der Waals surface area contributed by atoms with Crippen LogP contribution in [-0.4, -0.2) is 22.6 Å². The molecule has 0 amide bonds. The number of thioether (sulfide) groups is 1. The third-order valence-corrected chi connectivity index (χ3v) is 6.47. The van der Waals surface area contributed by atoms with Crippen LogP contribution in [0.1, 0.15) is 24.0 Å². The number of aliphatic imine (C=N–C) groups is 1. The number of aromatic amines is 1. The van der Waals surface area contributed by atoms with Gasteiger partial charge in [-0.3, -0.25) is 9.98 Å². The molecule has 0 saturated heterocycles. The molecule has 0 atom stereocenters. The molecule has 2 aromatic carbocycles. The Balaban J connectivity index is 1.80. The fourth-order valence-electron chi connectivity index (χ4n) is 4.43. The summed E-state index contributed by atoms with van der Waals surface area (Å²) in [5, 5.41) is 2.60. The second-order valence-corrected chi connectivity index (χ2v) is 8.24. The predicted octanol–water partition coefficient (Wildman–Crippen LogP) is 5.60. The molecule has 1 aliphatic rings. The van der Waals surface area contributed by atoms with Crippen molar-refractivity contribution in [3.8, 4) is 11.3 Å². The Bertz CT molecular complexity index is 1210. The number of nitrogens with zero attached hydrogens (tertiary/aromatic N) is 2. The fraction of sp³-hybridized carbons (Fsp3) is 0.217. The first-order valence-corrected chi connectivity index (χ1v) is 10.6. The van der Waals surface area contributed by atoms with Gasteiger partial charge in [0.25, 0.3) is 0 Å². The third-order valence-electron chi connectivity index (χ3n) is 5.67. The van der Waals surface area contributed by atoms with Gasteiger partial charge >= 0.3 is 0 Å². The lowest BCUT2D eigenvalue weighted by molar-refractivity contribution is 0.689. The van der Waals surface area contributed by atoms with Crippen molar-refractivity contribution in [2.24, 2.45) is 10.7 Å². The van der Waals surface area contributed by atoms with Crippen LogP contribution in [0.25, 0.3) is 33.1 Å². The van der Waals surface area contributed by atoms with E-state index in [2.05, 4.69) is 52.0 Å². The minimum absolute atomic E-state index is 0.521. The molecule has 4 nitrogen and oxygen atoms in total. The van der Waals surface area contributed by atoms with Crippen molar-refractivity contribution < 1.29 is 0 Å². The zero-order valence-electron chi connectivity index (χ0n) is 15.7. The SMILES string of the molecule is C=Nc1ccc(-c2[nH]c3ccc4nccc4c3c3c2CCCC3)cc1SCN. The number of pyridine rings is 1. The highest BCUT2D eigenvalue weighted by Crippen LogP contribution is 2.40. The van der Waals surface area contributed by atoms with Crippen LogP contribution in [0, 0.1) is 0 Å². The maximum atomic E-state index is 5.79. The van der Waals surface area contributed by atoms with Crippen molar-refractivity contribution >= 4 is 46.0 Å². The standard InChI is InChI=1S/C23H22N4S/c1-25-19-7-6-14(12-21(19)28-13-24)23-16-5-3-2-4-15(16)22-17-10-11-26-18(17)8-9-20(22)27-23/h6-12,27H,1-5,13,24H2. The van der Waals surface area contributed by atoms with E-state index in [9.17, 15) is 0 Å². The number of hydrogen-bond acceptors (Lipinski definition) is 4. The van der Waals surface area contributed by atoms with Gasteiger partial charge in [-0.2, -0.15) is 0 Å². The maximum Gasteiger partial charge on any atom is 0.0759 e. The van der Waals surface area contributed by atoms with Crippen molar-refractivity contribution in [2.45, 2.75) is 30.6 Å². The van der Waals surface area contributed by atoms with E-state index in [0.29, 0.717) is 5.88 Å². The number of nitrogens with one attached hydrogen (secondary N) is 1. The smallest absolute Gasteiger partial charge is 0.0759 e. The van der Waals surface area contributed by atoms with Gasteiger partial charge in [-0.05, 0) is 79.4 Å². The first kappa shape index (κ1) is 17.5. The van der Waals surface area contributed by atoms with Crippen LogP contribution in [0.5, 0.6) is 0 Å². The minimum atomic E-state index is 0.521.